The van der Waals surface area contributed by atoms with Gasteiger partial charge in [-0.15, -0.1) is 0 Å². The highest BCUT2D eigenvalue weighted by atomic mass is 35.5. The van der Waals surface area contributed by atoms with E-state index in [-0.39, 0.29) is 5.91 Å². The third-order valence-corrected chi connectivity index (χ3v) is 6.71. The van der Waals surface area contributed by atoms with Gasteiger partial charge in [-0.1, -0.05) is 36.6 Å². The van der Waals surface area contributed by atoms with Crippen molar-refractivity contribution in [3.63, 3.8) is 0 Å². The maximum Gasteiger partial charge on any atom is 0.274 e. The molecule has 1 saturated heterocycles. The van der Waals surface area contributed by atoms with Gasteiger partial charge in [-0.3, -0.25) is 9.48 Å². The number of nitrogens with zero attached hydrogens (tertiary/aromatic N) is 3. The Morgan fingerprint density at radius 3 is 2.77 bits per heavy atom. The molecule has 6 heteroatoms. The third-order valence-electron chi connectivity index (χ3n) is 6.48. The van der Waals surface area contributed by atoms with Crippen molar-refractivity contribution in [2.24, 2.45) is 0 Å². The SMILES string of the molecule is CCn1nc(C(=O)N2CCCCCC2)c2c1CC[C@@H](NCCc1cccc(Cl)c1)C2. The molecule has 4 rings (SSSR count). The molecule has 30 heavy (non-hydrogen) atoms. The summed E-state index contributed by atoms with van der Waals surface area (Å²) in [4.78, 5) is 15.3. The molecule has 0 radical (unpaired) electrons. The van der Waals surface area contributed by atoms with Gasteiger partial charge in [-0.05, 0) is 69.7 Å². The number of carbonyl (C=O) groups is 1. The van der Waals surface area contributed by atoms with Gasteiger partial charge >= 0.3 is 0 Å². The second-order valence-electron chi connectivity index (χ2n) is 8.57. The van der Waals surface area contributed by atoms with Gasteiger partial charge in [0.25, 0.3) is 5.91 Å². The molecule has 1 amide bonds. The third kappa shape index (κ3) is 4.89. The molecule has 1 aromatic carbocycles. The lowest BCUT2D eigenvalue weighted by Gasteiger charge is -2.25. The van der Waals surface area contributed by atoms with Crippen LogP contribution in [-0.4, -0.2) is 46.3 Å². The first kappa shape index (κ1) is 21.4. The number of rotatable bonds is 6. The van der Waals surface area contributed by atoms with Crippen LogP contribution in [-0.2, 0) is 25.8 Å². The summed E-state index contributed by atoms with van der Waals surface area (Å²) in [6.07, 6.45) is 8.58. The monoisotopic (exact) mass is 428 g/mol. The summed E-state index contributed by atoms with van der Waals surface area (Å²) in [5.41, 5.74) is 4.40. The van der Waals surface area contributed by atoms with E-state index in [1.54, 1.807) is 0 Å². The molecular weight excluding hydrogens is 396 g/mol. The fourth-order valence-electron chi connectivity index (χ4n) is 4.83. The highest BCUT2D eigenvalue weighted by Gasteiger charge is 2.30. The molecule has 1 N–H and O–H groups in total. The smallest absolute Gasteiger partial charge is 0.274 e. The zero-order valence-corrected chi connectivity index (χ0v) is 18.8. The fraction of sp³-hybridized carbons (Fsp3) is 0.583. The normalized spacial score (nSPS) is 19.4. The minimum Gasteiger partial charge on any atom is -0.337 e. The summed E-state index contributed by atoms with van der Waals surface area (Å²) >= 11 is 6.10. The lowest BCUT2D eigenvalue weighted by Crippen LogP contribution is -2.37. The molecule has 1 aliphatic heterocycles. The van der Waals surface area contributed by atoms with Crippen LogP contribution in [0.4, 0.5) is 0 Å². The predicted octanol–water partition coefficient (Wildman–Crippen LogP) is 4.26. The van der Waals surface area contributed by atoms with E-state index in [1.165, 1.54) is 29.7 Å². The summed E-state index contributed by atoms with van der Waals surface area (Å²) < 4.78 is 2.06. The maximum absolute atomic E-state index is 13.3. The molecule has 0 unspecified atom stereocenters. The van der Waals surface area contributed by atoms with E-state index < -0.39 is 0 Å². The van der Waals surface area contributed by atoms with Gasteiger partial charge in [0.1, 0.15) is 0 Å². The van der Waals surface area contributed by atoms with Crippen molar-refractivity contribution in [3.05, 3.63) is 51.8 Å². The second kappa shape index (κ2) is 9.97. The summed E-state index contributed by atoms with van der Waals surface area (Å²) in [6.45, 7) is 5.59. The first-order valence-corrected chi connectivity index (χ1v) is 11.9. The van der Waals surface area contributed by atoms with E-state index in [2.05, 4.69) is 23.0 Å². The number of amides is 1. The van der Waals surface area contributed by atoms with Gasteiger partial charge in [0.15, 0.2) is 5.69 Å². The highest BCUT2D eigenvalue weighted by Crippen LogP contribution is 2.27. The molecule has 2 heterocycles. The predicted molar refractivity (Wildman–Crippen MR) is 121 cm³/mol. The summed E-state index contributed by atoms with van der Waals surface area (Å²) in [5, 5.41) is 9.27. The number of benzene rings is 1. The minimum atomic E-state index is 0.139. The number of carbonyl (C=O) groups excluding carboxylic acids is 1. The standard InChI is InChI=1S/C24H33ClN4O/c1-2-29-22-11-10-20(26-13-12-18-8-7-9-19(25)16-18)17-21(22)23(27-29)24(30)28-14-5-3-4-6-15-28/h7-9,16,20,26H,2-6,10-15,17H2,1H3/t20-/m1/s1. The lowest BCUT2D eigenvalue weighted by atomic mass is 9.91. The van der Waals surface area contributed by atoms with Crippen LogP contribution in [0.15, 0.2) is 24.3 Å². The zero-order chi connectivity index (χ0) is 20.9. The van der Waals surface area contributed by atoms with Crippen molar-refractivity contribution in [2.75, 3.05) is 19.6 Å². The van der Waals surface area contributed by atoms with Crippen LogP contribution in [0.25, 0.3) is 0 Å². The van der Waals surface area contributed by atoms with Crippen molar-refractivity contribution in [3.8, 4) is 0 Å². The fourth-order valence-corrected chi connectivity index (χ4v) is 5.04. The summed E-state index contributed by atoms with van der Waals surface area (Å²) in [5.74, 6) is 0.139. The number of fused-ring (bicyclic) bond motifs is 1. The molecule has 2 aliphatic rings. The van der Waals surface area contributed by atoms with Crippen LogP contribution in [0.3, 0.4) is 0 Å². The number of hydrogen-bond donors (Lipinski definition) is 1. The van der Waals surface area contributed by atoms with Crippen LogP contribution in [0.1, 0.15) is 66.3 Å². The van der Waals surface area contributed by atoms with E-state index in [0.717, 1.165) is 69.7 Å². The number of halogens is 1. The van der Waals surface area contributed by atoms with Crippen LogP contribution in [0, 0.1) is 0 Å². The Balaban J connectivity index is 1.43. The van der Waals surface area contributed by atoms with E-state index >= 15 is 0 Å². The average molecular weight is 429 g/mol. The molecule has 1 fully saturated rings. The van der Waals surface area contributed by atoms with Crippen molar-refractivity contribution in [2.45, 2.75) is 70.9 Å². The Kier molecular flexibility index (Phi) is 7.11. The topological polar surface area (TPSA) is 50.2 Å². The Morgan fingerprint density at radius 1 is 1.23 bits per heavy atom. The molecule has 1 aliphatic carbocycles. The van der Waals surface area contributed by atoms with Gasteiger partial charge < -0.3 is 10.2 Å². The zero-order valence-electron chi connectivity index (χ0n) is 18.0. The Labute approximate surface area is 184 Å². The largest absolute Gasteiger partial charge is 0.337 e. The minimum absolute atomic E-state index is 0.139. The summed E-state index contributed by atoms with van der Waals surface area (Å²) in [7, 11) is 0. The Hall–Kier alpha value is -1.85. The molecule has 162 valence electrons. The molecular formula is C24H33ClN4O. The highest BCUT2D eigenvalue weighted by molar-refractivity contribution is 6.30. The Morgan fingerprint density at radius 2 is 2.03 bits per heavy atom. The molecule has 5 nitrogen and oxygen atoms in total. The van der Waals surface area contributed by atoms with Crippen LogP contribution in [0.5, 0.6) is 0 Å². The number of aryl methyl sites for hydroxylation is 1. The van der Waals surface area contributed by atoms with E-state index in [1.807, 2.05) is 23.1 Å². The van der Waals surface area contributed by atoms with E-state index in [0.29, 0.717) is 11.7 Å². The van der Waals surface area contributed by atoms with Gasteiger partial charge in [-0.2, -0.15) is 5.10 Å². The first-order chi connectivity index (χ1) is 14.7. The van der Waals surface area contributed by atoms with Crippen LogP contribution in [0.2, 0.25) is 5.02 Å². The van der Waals surface area contributed by atoms with Crippen molar-refractivity contribution >= 4 is 17.5 Å². The number of likely N-dealkylation sites (tertiary alicyclic amines) is 1. The van der Waals surface area contributed by atoms with E-state index in [4.69, 9.17) is 16.7 Å². The van der Waals surface area contributed by atoms with Crippen molar-refractivity contribution in [1.29, 1.82) is 0 Å². The number of nitrogens with one attached hydrogen (secondary N) is 1. The van der Waals surface area contributed by atoms with Gasteiger partial charge in [0.05, 0.1) is 0 Å². The molecule has 0 bridgehead atoms. The van der Waals surface area contributed by atoms with Crippen molar-refractivity contribution < 1.29 is 4.79 Å². The lowest BCUT2D eigenvalue weighted by molar-refractivity contribution is 0.0753. The van der Waals surface area contributed by atoms with Crippen LogP contribution < -0.4 is 5.32 Å². The van der Waals surface area contributed by atoms with Crippen molar-refractivity contribution in [1.82, 2.24) is 20.0 Å². The molecule has 0 spiro atoms. The molecule has 0 saturated carbocycles. The number of hydrogen-bond acceptors (Lipinski definition) is 3. The number of aromatic nitrogens is 2. The van der Waals surface area contributed by atoms with Gasteiger partial charge in [0, 0.05) is 42.0 Å². The van der Waals surface area contributed by atoms with Crippen LogP contribution >= 0.6 is 11.6 Å². The van der Waals surface area contributed by atoms with E-state index in [9.17, 15) is 4.79 Å². The summed E-state index contributed by atoms with van der Waals surface area (Å²) in [6, 6.07) is 8.46. The average Bonchev–Trinajstić information content (AvgIpc) is 2.91. The van der Waals surface area contributed by atoms with Gasteiger partial charge in [-0.25, -0.2) is 0 Å². The molecule has 2 aromatic rings. The molecule has 1 aromatic heterocycles. The Bertz CT molecular complexity index is 870. The second-order valence-corrected chi connectivity index (χ2v) is 9.01. The molecule has 1 atom stereocenters. The first-order valence-electron chi connectivity index (χ1n) is 11.5. The maximum atomic E-state index is 13.3. The quantitative estimate of drug-likeness (QED) is 0.747. The van der Waals surface area contributed by atoms with Gasteiger partial charge in [0.2, 0.25) is 0 Å².